The molecule has 178 valence electrons. The number of piperidine rings is 1. The molecule has 0 aliphatic carbocycles. The maximum absolute atomic E-state index is 12.9. The van der Waals surface area contributed by atoms with E-state index in [2.05, 4.69) is 10.6 Å². The molecule has 1 aliphatic heterocycles. The third kappa shape index (κ3) is 5.98. The van der Waals surface area contributed by atoms with E-state index in [9.17, 15) is 22.8 Å². The lowest BCUT2D eigenvalue weighted by molar-refractivity contribution is -0.119. The Labute approximate surface area is 197 Å². The van der Waals surface area contributed by atoms with Crippen LogP contribution in [0.1, 0.15) is 47.0 Å². The van der Waals surface area contributed by atoms with Crippen LogP contribution in [0.5, 0.6) is 0 Å². The third-order valence-corrected chi connectivity index (χ3v) is 8.30. The van der Waals surface area contributed by atoms with Crippen molar-refractivity contribution in [3.63, 3.8) is 0 Å². The lowest BCUT2D eigenvalue weighted by Gasteiger charge is -2.26. The zero-order valence-electron chi connectivity index (χ0n) is 18.8. The van der Waals surface area contributed by atoms with Gasteiger partial charge in [0.05, 0.1) is 10.5 Å². The first-order chi connectivity index (χ1) is 15.6. The van der Waals surface area contributed by atoms with Gasteiger partial charge in [-0.05, 0) is 50.5 Å². The second-order valence-corrected chi connectivity index (χ2v) is 10.9. The number of rotatable bonds is 7. The summed E-state index contributed by atoms with van der Waals surface area (Å²) in [4.78, 5) is 37.3. The molecule has 1 aliphatic rings. The first-order valence-electron chi connectivity index (χ1n) is 10.5. The van der Waals surface area contributed by atoms with Crippen molar-refractivity contribution in [2.75, 3.05) is 30.3 Å². The van der Waals surface area contributed by atoms with Gasteiger partial charge in [-0.2, -0.15) is 4.31 Å². The summed E-state index contributed by atoms with van der Waals surface area (Å²) in [5.41, 5.74) is 1.18. The van der Waals surface area contributed by atoms with Gasteiger partial charge in [-0.3, -0.25) is 9.59 Å². The van der Waals surface area contributed by atoms with E-state index in [1.54, 1.807) is 19.1 Å². The average Bonchev–Trinajstić information content (AvgIpc) is 3.05. The molecule has 11 heteroatoms. The minimum Gasteiger partial charge on any atom is -0.452 e. The molecule has 0 unspecified atom stereocenters. The SMILES string of the molecule is CC(=O)Nc1sc(C)c(C)c1C(=O)OCC(=O)Nc1cccc(S(=O)(=O)N2CCCCC2)c1. The number of anilines is 2. The van der Waals surface area contributed by atoms with Crippen LogP contribution in [-0.2, 0) is 24.3 Å². The number of thiophene rings is 1. The second kappa shape index (κ2) is 10.4. The molecule has 33 heavy (non-hydrogen) atoms. The number of ether oxygens (including phenoxy) is 1. The van der Waals surface area contributed by atoms with Crippen molar-refractivity contribution in [3.8, 4) is 0 Å². The topological polar surface area (TPSA) is 122 Å². The predicted molar refractivity (Wildman–Crippen MR) is 126 cm³/mol. The van der Waals surface area contributed by atoms with Crippen LogP contribution >= 0.6 is 11.3 Å². The highest BCUT2D eigenvalue weighted by Crippen LogP contribution is 2.33. The fourth-order valence-corrected chi connectivity index (χ4v) is 6.17. The maximum Gasteiger partial charge on any atom is 0.341 e. The first-order valence-corrected chi connectivity index (χ1v) is 12.8. The van der Waals surface area contributed by atoms with E-state index in [0.717, 1.165) is 24.1 Å². The van der Waals surface area contributed by atoms with Crippen molar-refractivity contribution in [2.45, 2.75) is 44.9 Å². The molecule has 0 spiro atoms. The Bertz CT molecular complexity index is 1170. The van der Waals surface area contributed by atoms with Gasteiger partial charge >= 0.3 is 5.97 Å². The molecule has 9 nitrogen and oxygen atoms in total. The first kappa shape index (κ1) is 24.9. The summed E-state index contributed by atoms with van der Waals surface area (Å²) in [6.07, 6.45) is 2.67. The molecule has 1 saturated heterocycles. The van der Waals surface area contributed by atoms with Crippen molar-refractivity contribution in [3.05, 3.63) is 40.3 Å². The summed E-state index contributed by atoms with van der Waals surface area (Å²) in [5, 5.41) is 5.55. The van der Waals surface area contributed by atoms with Crippen molar-refractivity contribution in [2.24, 2.45) is 0 Å². The number of nitrogens with zero attached hydrogens (tertiary/aromatic N) is 1. The summed E-state index contributed by atoms with van der Waals surface area (Å²) in [6, 6.07) is 6.00. The lowest BCUT2D eigenvalue weighted by Crippen LogP contribution is -2.35. The van der Waals surface area contributed by atoms with Crippen molar-refractivity contribution >= 4 is 49.8 Å². The number of sulfonamides is 1. The van der Waals surface area contributed by atoms with E-state index >= 15 is 0 Å². The standard InChI is InChI=1S/C22H27N3O6S2/c1-14-15(2)32-21(23-16(3)26)20(14)22(28)31-13-19(27)24-17-8-7-9-18(12-17)33(29,30)25-10-5-4-6-11-25/h7-9,12H,4-6,10-11,13H2,1-3H3,(H,23,26)(H,24,27). The Morgan fingerprint density at radius 2 is 1.79 bits per heavy atom. The molecule has 2 heterocycles. The molecule has 1 fully saturated rings. The average molecular weight is 494 g/mol. The molecule has 2 N–H and O–H groups in total. The van der Waals surface area contributed by atoms with Gasteiger partial charge in [-0.25, -0.2) is 13.2 Å². The third-order valence-electron chi connectivity index (χ3n) is 5.28. The maximum atomic E-state index is 12.9. The van der Waals surface area contributed by atoms with Gasteiger partial charge in [0.2, 0.25) is 15.9 Å². The quantitative estimate of drug-likeness (QED) is 0.571. The minimum absolute atomic E-state index is 0.100. The van der Waals surface area contributed by atoms with Gasteiger partial charge in [0.15, 0.2) is 6.61 Å². The molecular formula is C22H27N3O6S2. The van der Waals surface area contributed by atoms with Gasteiger partial charge in [-0.1, -0.05) is 12.5 Å². The molecular weight excluding hydrogens is 466 g/mol. The predicted octanol–water partition coefficient (Wildman–Crippen LogP) is 3.29. The normalized spacial score (nSPS) is 14.5. The Morgan fingerprint density at radius 3 is 2.45 bits per heavy atom. The van der Waals surface area contributed by atoms with Crippen LogP contribution in [0, 0.1) is 13.8 Å². The number of aryl methyl sites for hydroxylation is 1. The van der Waals surface area contributed by atoms with Crippen LogP contribution in [0.15, 0.2) is 29.2 Å². The summed E-state index contributed by atoms with van der Waals surface area (Å²) in [5.74, 6) is -1.65. The highest BCUT2D eigenvalue weighted by atomic mass is 32.2. The fraction of sp³-hybridized carbons (Fsp3) is 0.409. The van der Waals surface area contributed by atoms with E-state index in [1.165, 1.54) is 34.7 Å². The molecule has 0 bridgehead atoms. The molecule has 3 rings (SSSR count). The molecule has 0 radical (unpaired) electrons. The molecule has 2 aromatic rings. The summed E-state index contributed by atoms with van der Waals surface area (Å²) >= 11 is 1.26. The van der Waals surface area contributed by atoms with Gasteiger partial charge in [0.1, 0.15) is 5.00 Å². The number of hydrogen-bond donors (Lipinski definition) is 2. The smallest absolute Gasteiger partial charge is 0.341 e. The highest BCUT2D eigenvalue weighted by Gasteiger charge is 2.26. The van der Waals surface area contributed by atoms with Gasteiger partial charge in [0, 0.05) is 30.6 Å². The van der Waals surface area contributed by atoms with Gasteiger partial charge < -0.3 is 15.4 Å². The van der Waals surface area contributed by atoms with Crippen LogP contribution in [0.3, 0.4) is 0 Å². The van der Waals surface area contributed by atoms with Crippen molar-refractivity contribution < 1.29 is 27.5 Å². The van der Waals surface area contributed by atoms with Crippen molar-refractivity contribution in [1.82, 2.24) is 4.31 Å². The van der Waals surface area contributed by atoms with E-state index < -0.39 is 28.5 Å². The molecule has 1 aromatic carbocycles. The van der Waals surface area contributed by atoms with Gasteiger partial charge in [-0.15, -0.1) is 11.3 Å². The summed E-state index contributed by atoms with van der Waals surface area (Å²) in [7, 11) is -3.64. The zero-order chi connectivity index (χ0) is 24.2. The zero-order valence-corrected chi connectivity index (χ0v) is 20.4. The molecule has 0 saturated carbocycles. The highest BCUT2D eigenvalue weighted by molar-refractivity contribution is 7.89. The lowest BCUT2D eigenvalue weighted by atomic mass is 10.1. The van der Waals surface area contributed by atoms with Gasteiger partial charge in [0.25, 0.3) is 5.91 Å². The van der Waals surface area contributed by atoms with Crippen molar-refractivity contribution in [1.29, 1.82) is 0 Å². The number of amides is 2. The minimum atomic E-state index is -3.64. The van der Waals surface area contributed by atoms with Crippen LogP contribution in [0.2, 0.25) is 0 Å². The Balaban J connectivity index is 1.65. The Morgan fingerprint density at radius 1 is 1.09 bits per heavy atom. The largest absolute Gasteiger partial charge is 0.452 e. The number of hydrogen-bond acceptors (Lipinski definition) is 7. The number of carbonyl (C=O) groups is 3. The number of nitrogens with one attached hydrogen (secondary N) is 2. The molecule has 1 aromatic heterocycles. The number of carbonyl (C=O) groups excluding carboxylic acids is 3. The monoisotopic (exact) mass is 493 g/mol. The Hall–Kier alpha value is -2.76. The van der Waals surface area contributed by atoms with Crippen LogP contribution < -0.4 is 10.6 Å². The summed E-state index contributed by atoms with van der Waals surface area (Å²) in [6.45, 7) is 5.30. The van der Waals surface area contributed by atoms with E-state index in [4.69, 9.17) is 4.74 Å². The molecule has 0 atom stereocenters. The fourth-order valence-electron chi connectivity index (χ4n) is 3.51. The Kier molecular flexibility index (Phi) is 7.88. The van der Waals surface area contributed by atoms with E-state index in [1.807, 2.05) is 6.92 Å². The number of benzene rings is 1. The summed E-state index contributed by atoms with van der Waals surface area (Å²) < 4.78 is 32.3. The number of esters is 1. The van der Waals surface area contributed by atoms with E-state index in [0.29, 0.717) is 23.7 Å². The molecule has 2 amide bonds. The van der Waals surface area contributed by atoms with Crippen LogP contribution in [0.25, 0.3) is 0 Å². The second-order valence-electron chi connectivity index (χ2n) is 7.79. The van der Waals surface area contributed by atoms with Crippen LogP contribution in [0.4, 0.5) is 10.7 Å². The van der Waals surface area contributed by atoms with E-state index in [-0.39, 0.29) is 22.1 Å². The van der Waals surface area contributed by atoms with Crippen LogP contribution in [-0.4, -0.2) is 50.2 Å².